The molecule has 2 aromatic carbocycles. The number of likely N-dealkylation sites (tertiary alicyclic amines) is 1. The number of fused-ring (bicyclic) bond motifs is 2. The Bertz CT molecular complexity index is 1160. The van der Waals surface area contributed by atoms with Gasteiger partial charge in [0.15, 0.2) is 11.5 Å². The van der Waals surface area contributed by atoms with Gasteiger partial charge in [0.1, 0.15) is 18.0 Å². The van der Waals surface area contributed by atoms with Gasteiger partial charge in [0.05, 0.1) is 31.5 Å². The number of halogens is 2. The Morgan fingerprint density at radius 3 is 2.91 bits per heavy atom. The van der Waals surface area contributed by atoms with Crippen molar-refractivity contribution >= 4 is 38.3 Å². The molecule has 0 aliphatic carbocycles. The van der Waals surface area contributed by atoms with Crippen molar-refractivity contribution in [2.45, 2.75) is 12.8 Å². The van der Waals surface area contributed by atoms with Crippen LogP contribution in [-0.4, -0.2) is 61.4 Å². The number of ether oxygens (including phenoxy) is 3. The molecule has 2 fully saturated rings. The van der Waals surface area contributed by atoms with Crippen LogP contribution in [0.1, 0.15) is 12.8 Å². The fraction of sp³-hybridized carbons (Fsp3) is 0.440. The lowest BCUT2D eigenvalue weighted by Gasteiger charge is -2.33. The summed E-state index contributed by atoms with van der Waals surface area (Å²) in [5.41, 5.74) is 1.01. The van der Waals surface area contributed by atoms with Crippen molar-refractivity contribution in [2.75, 3.05) is 51.9 Å². The first-order valence-corrected chi connectivity index (χ1v) is 12.4. The second kappa shape index (κ2) is 10.4. The van der Waals surface area contributed by atoms with E-state index in [-0.39, 0.29) is 5.82 Å². The zero-order valence-electron chi connectivity index (χ0n) is 19.1. The molecule has 9 heteroatoms. The number of hydrogen-bond donors (Lipinski definition) is 1. The first-order chi connectivity index (χ1) is 16.6. The number of piperidine rings is 1. The van der Waals surface area contributed by atoms with Crippen molar-refractivity contribution < 1.29 is 18.6 Å². The third-order valence-corrected chi connectivity index (χ3v) is 7.11. The number of methoxy groups -OCH3 is 1. The Kier molecular flexibility index (Phi) is 7.12. The molecule has 5 rings (SSSR count). The summed E-state index contributed by atoms with van der Waals surface area (Å²) < 4.78 is 32.3. The molecule has 180 valence electrons. The van der Waals surface area contributed by atoms with Gasteiger partial charge in [-0.3, -0.25) is 0 Å². The molecule has 3 aromatic rings. The van der Waals surface area contributed by atoms with Crippen molar-refractivity contribution in [2.24, 2.45) is 11.8 Å². The molecule has 0 bridgehead atoms. The molecule has 0 radical (unpaired) electrons. The van der Waals surface area contributed by atoms with Crippen LogP contribution in [0.15, 0.2) is 41.1 Å². The zero-order chi connectivity index (χ0) is 23.5. The van der Waals surface area contributed by atoms with E-state index in [4.69, 9.17) is 14.2 Å². The maximum Gasteiger partial charge on any atom is 0.162 e. The van der Waals surface area contributed by atoms with Crippen LogP contribution < -0.4 is 14.8 Å². The molecule has 0 spiro atoms. The summed E-state index contributed by atoms with van der Waals surface area (Å²) in [6.07, 6.45) is 3.58. The van der Waals surface area contributed by atoms with Gasteiger partial charge in [0.2, 0.25) is 0 Å². The van der Waals surface area contributed by atoms with Crippen LogP contribution in [0.25, 0.3) is 10.9 Å². The van der Waals surface area contributed by atoms with Crippen LogP contribution in [0.4, 0.5) is 15.9 Å². The van der Waals surface area contributed by atoms with Gasteiger partial charge in [-0.2, -0.15) is 0 Å². The molecule has 2 atom stereocenters. The highest BCUT2D eigenvalue weighted by Crippen LogP contribution is 2.35. The van der Waals surface area contributed by atoms with Crippen molar-refractivity contribution in [1.29, 1.82) is 0 Å². The average Bonchev–Trinajstić information content (AvgIpc) is 3.31. The van der Waals surface area contributed by atoms with E-state index in [1.807, 2.05) is 12.1 Å². The summed E-state index contributed by atoms with van der Waals surface area (Å²) in [5.74, 6) is 2.77. The molecule has 0 saturated carbocycles. The molecule has 2 unspecified atom stereocenters. The molecule has 2 aliphatic heterocycles. The quantitative estimate of drug-likeness (QED) is 0.410. The van der Waals surface area contributed by atoms with E-state index in [0.717, 1.165) is 50.6 Å². The minimum absolute atomic E-state index is 0.331. The smallest absolute Gasteiger partial charge is 0.162 e. The Hall–Kier alpha value is -2.49. The van der Waals surface area contributed by atoms with Crippen LogP contribution in [0, 0.1) is 17.7 Å². The standard InChI is InChI=1S/C25H28BrFN4O3/c1-32-23-11-22-19(25(29-15-28-22)30-21-4-3-18(26)9-20(21)27)10-24(23)34-8-2-6-31-7-5-16-13-33-14-17(16)12-31/h3-4,9-11,15-17H,2,5-8,12-14H2,1H3,(H,28,29,30). The van der Waals surface area contributed by atoms with Crippen LogP contribution >= 0.6 is 15.9 Å². The van der Waals surface area contributed by atoms with Gasteiger partial charge in [-0.05, 0) is 49.6 Å². The molecule has 1 aromatic heterocycles. The summed E-state index contributed by atoms with van der Waals surface area (Å²) in [4.78, 5) is 11.2. The van der Waals surface area contributed by atoms with Crippen LogP contribution in [0.2, 0.25) is 0 Å². The number of aromatic nitrogens is 2. The van der Waals surface area contributed by atoms with E-state index < -0.39 is 0 Å². The predicted octanol–water partition coefficient (Wildman–Crippen LogP) is 5.02. The van der Waals surface area contributed by atoms with E-state index in [9.17, 15) is 4.39 Å². The van der Waals surface area contributed by atoms with Crippen LogP contribution in [-0.2, 0) is 4.74 Å². The highest BCUT2D eigenvalue weighted by atomic mass is 79.9. The molecular formula is C25H28BrFN4O3. The number of nitrogens with zero attached hydrogens (tertiary/aromatic N) is 3. The van der Waals surface area contributed by atoms with E-state index in [1.54, 1.807) is 19.2 Å². The third kappa shape index (κ3) is 5.11. The molecule has 1 N–H and O–H groups in total. The summed E-state index contributed by atoms with van der Waals surface area (Å²) in [6.45, 7) is 5.64. The van der Waals surface area contributed by atoms with E-state index in [2.05, 4.69) is 36.1 Å². The highest BCUT2D eigenvalue weighted by Gasteiger charge is 2.33. The SMILES string of the molecule is COc1cc2ncnc(Nc3ccc(Br)cc3F)c2cc1OCCCN1CCC2COCC2C1. The fourth-order valence-corrected chi connectivity index (χ4v) is 5.10. The minimum atomic E-state index is -0.376. The average molecular weight is 531 g/mol. The Morgan fingerprint density at radius 1 is 1.18 bits per heavy atom. The molecule has 2 saturated heterocycles. The molecule has 3 heterocycles. The zero-order valence-corrected chi connectivity index (χ0v) is 20.7. The van der Waals surface area contributed by atoms with Crippen LogP contribution in [0.5, 0.6) is 11.5 Å². The first kappa shape index (κ1) is 23.3. The third-order valence-electron chi connectivity index (χ3n) is 6.62. The van der Waals surface area contributed by atoms with Gasteiger partial charge < -0.3 is 24.4 Å². The second-order valence-electron chi connectivity index (χ2n) is 8.84. The lowest BCUT2D eigenvalue weighted by molar-refractivity contribution is 0.138. The number of hydrogen-bond acceptors (Lipinski definition) is 7. The van der Waals surface area contributed by atoms with Crippen molar-refractivity contribution in [3.8, 4) is 11.5 Å². The van der Waals surface area contributed by atoms with Crippen molar-refractivity contribution in [3.05, 3.63) is 46.9 Å². The lowest BCUT2D eigenvalue weighted by atomic mass is 9.89. The van der Waals surface area contributed by atoms with E-state index >= 15 is 0 Å². The van der Waals surface area contributed by atoms with Crippen molar-refractivity contribution in [3.63, 3.8) is 0 Å². The van der Waals surface area contributed by atoms with Crippen molar-refractivity contribution in [1.82, 2.24) is 14.9 Å². The topological polar surface area (TPSA) is 68.7 Å². The Morgan fingerprint density at radius 2 is 2.06 bits per heavy atom. The van der Waals surface area contributed by atoms with Gasteiger partial charge in [-0.25, -0.2) is 14.4 Å². The van der Waals surface area contributed by atoms with E-state index in [0.29, 0.717) is 45.5 Å². The maximum absolute atomic E-state index is 14.4. The summed E-state index contributed by atoms with van der Waals surface area (Å²) in [6, 6.07) is 8.52. The van der Waals surface area contributed by atoms with Gasteiger partial charge >= 0.3 is 0 Å². The van der Waals surface area contributed by atoms with Gasteiger partial charge in [-0.1, -0.05) is 15.9 Å². The van der Waals surface area contributed by atoms with Crippen LogP contribution in [0.3, 0.4) is 0 Å². The van der Waals surface area contributed by atoms with Gasteiger partial charge in [0, 0.05) is 41.5 Å². The normalized spacial score (nSPS) is 20.3. The number of anilines is 2. The predicted molar refractivity (Wildman–Crippen MR) is 132 cm³/mol. The molecule has 2 aliphatic rings. The molecule has 34 heavy (non-hydrogen) atoms. The minimum Gasteiger partial charge on any atom is -0.493 e. The molecular weight excluding hydrogens is 503 g/mol. The first-order valence-electron chi connectivity index (χ1n) is 11.6. The Labute approximate surface area is 206 Å². The highest BCUT2D eigenvalue weighted by molar-refractivity contribution is 9.10. The van der Waals surface area contributed by atoms with E-state index in [1.165, 1.54) is 18.8 Å². The lowest BCUT2D eigenvalue weighted by Crippen LogP contribution is -2.40. The number of nitrogens with one attached hydrogen (secondary N) is 1. The maximum atomic E-state index is 14.4. The fourth-order valence-electron chi connectivity index (χ4n) is 4.76. The number of rotatable bonds is 8. The Balaban J connectivity index is 1.27. The monoisotopic (exact) mass is 530 g/mol. The summed E-state index contributed by atoms with van der Waals surface area (Å²) in [5, 5.41) is 3.80. The largest absolute Gasteiger partial charge is 0.493 e. The molecule has 7 nitrogen and oxygen atoms in total. The summed E-state index contributed by atoms with van der Waals surface area (Å²) >= 11 is 3.28. The second-order valence-corrected chi connectivity index (χ2v) is 9.76. The number of benzene rings is 2. The van der Waals surface area contributed by atoms with Gasteiger partial charge in [-0.15, -0.1) is 0 Å². The summed E-state index contributed by atoms with van der Waals surface area (Å²) in [7, 11) is 1.61. The van der Waals surface area contributed by atoms with Gasteiger partial charge in [0.25, 0.3) is 0 Å². The molecule has 0 amide bonds.